The topological polar surface area (TPSA) is 87.8 Å². The van der Waals surface area contributed by atoms with Crippen molar-refractivity contribution in [2.24, 2.45) is 0 Å². The molecule has 0 aliphatic carbocycles. The van der Waals surface area contributed by atoms with Gasteiger partial charge in [-0.2, -0.15) is 4.98 Å². The van der Waals surface area contributed by atoms with Gasteiger partial charge in [0, 0.05) is 24.7 Å². The van der Waals surface area contributed by atoms with E-state index in [4.69, 9.17) is 4.74 Å². The van der Waals surface area contributed by atoms with Crippen LogP contribution in [-0.2, 0) is 0 Å². The van der Waals surface area contributed by atoms with Crippen LogP contribution in [0.2, 0.25) is 0 Å². The fraction of sp³-hybridized carbons (Fsp3) is 0.263. The Morgan fingerprint density at radius 2 is 2.08 bits per heavy atom. The highest BCUT2D eigenvalue weighted by molar-refractivity contribution is 6.04. The van der Waals surface area contributed by atoms with Crippen molar-refractivity contribution in [1.29, 1.82) is 0 Å². The van der Waals surface area contributed by atoms with E-state index >= 15 is 0 Å². The van der Waals surface area contributed by atoms with Crippen molar-refractivity contribution in [3.8, 4) is 11.6 Å². The maximum Gasteiger partial charge on any atom is 0.337 e. The van der Waals surface area contributed by atoms with Gasteiger partial charge < -0.3 is 24.4 Å². The summed E-state index contributed by atoms with van der Waals surface area (Å²) in [6, 6.07) is 11.1. The van der Waals surface area contributed by atoms with Gasteiger partial charge in [0.05, 0.1) is 24.3 Å². The average Bonchev–Trinajstić information content (AvgIpc) is 3.25. The molecule has 1 fully saturated rings. The number of pyridine rings is 1. The highest BCUT2D eigenvalue weighted by Crippen LogP contribution is 2.31. The van der Waals surface area contributed by atoms with Crippen LogP contribution in [0, 0.1) is 0 Å². The molecule has 3 heterocycles. The number of aromatic carboxylic acids is 1. The second-order valence-corrected chi connectivity index (χ2v) is 6.32. The summed E-state index contributed by atoms with van der Waals surface area (Å²) in [5.41, 5.74) is 1.67. The predicted octanol–water partition coefficient (Wildman–Crippen LogP) is 2.30. The fourth-order valence-electron chi connectivity index (χ4n) is 3.43. The van der Waals surface area contributed by atoms with E-state index in [1.807, 2.05) is 35.2 Å². The average molecular weight is 353 g/mol. The van der Waals surface area contributed by atoms with E-state index in [0.717, 1.165) is 24.3 Å². The van der Waals surface area contributed by atoms with Crippen LogP contribution >= 0.6 is 0 Å². The molecule has 7 heteroatoms. The quantitative estimate of drug-likeness (QED) is 0.748. The predicted molar refractivity (Wildman–Crippen MR) is 97.4 cm³/mol. The van der Waals surface area contributed by atoms with Crippen LogP contribution in [0.4, 0.5) is 5.82 Å². The van der Waals surface area contributed by atoms with Gasteiger partial charge >= 0.3 is 5.97 Å². The molecule has 3 aromatic rings. The SMILES string of the molecule is COc1nc(N2CC[C@@H](O)C2)ccc1-n1cc(C(=O)O)c2ccccc21. The Morgan fingerprint density at radius 3 is 2.77 bits per heavy atom. The van der Waals surface area contributed by atoms with Gasteiger partial charge in [0.2, 0.25) is 5.88 Å². The molecule has 0 bridgehead atoms. The Balaban J connectivity index is 1.83. The first kappa shape index (κ1) is 16.4. The Labute approximate surface area is 150 Å². The fourth-order valence-corrected chi connectivity index (χ4v) is 3.43. The van der Waals surface area contributed by atoms with E-state index in [1.54, 1.807) is 16.8 Å². The number of anilines is 1. The van der Waals surface area contributed by atoms with Crippen molar-refractivity contribution in [1.82, 2.24) is 9.55 Å². The van der Waals surface area contributed by atoms with Crippen LogP contribution in [0.1, 0.15) is 16.8 Å². The Morgan fingerprint density at radius 1 is 1.27 bits per heavy atom. The van der Waals surface area contributed by atoms with Crippen LogP contribution in [0.25, 0.3) is 16.6 Å². The summed E-state index contributed by atoms with van der Waals surface area (Å²) in [7, 11) is 1.54. The van der Waals surface area contributed by atoms with Gasteiger partial charge in [-0.3, -0.25) is 0 Å². The number of methoxy groups -OCH3 is 1. The van der Waals surface area contributed by atoms with Crippen molar-refractivity contribution in [3.63, 3.8) is 0 Å². The van der Waals surface area contributed by atoms with Gasteiger partial charge in [0.15, 0.2) is 0 Å². The molecule has 7 nitrogen and oxygen atoms in total. The Hall–Kier alpha value is -3.06. The van der Waals surface area contributed by atoms with E-state index in [1.165, 1.54) is 7.11 Å². The minimum Gasteiger partial charge on any atom is -0.479 e. The lowest BCUT2D eigenvalue weighted by atomic mass is 10.2. The number of carbonyl (C=O) groups is 1. The number of para-hydroxylation sites is 1. The highest BCUT2D eigenvalue weighted by Gasteiger charge is 2.23. The number of aliphatic hydroxyl groups excluding tert-OH is 1. The number of aliphatic hydroxyl groups is 1. The highest BCUT2D eigenvalue weighted by atomic mass is 16.5. The summed E-state index contributed by atoms with van der Waals surface area (Å²) in [5.74, 6) is 0.160. The monoisotopic (exact) mass is 353 g/mol. The van der Waals surface area contributed by atoms with Crippen LogP contribution in [0.15, 0.2) is 42.6 Å². The number of carboxylic acids is 1. The number of benzene rings is 1. The summed E-state index contributed by atoms with van der Waals surface area (Å²) in [5, 5.41) is 19.9. The summed E-state index contributed by atoms with van der Waals surface area (Å²) in [6.07, 6.45) is 1.97. The van der Waals surface area contributed by atoms with Crippen molar-refractivity contribution < 1.29 is 19.7 Å². The minimum atomic E-state index is -0.977. The molecule has 4 rings (SSSR count). The zero-order chi connectivity index (χ0) is 18.3. The number of hydrogen-bond acceptors (Lipinski definition) is 5. The largest absolute Gasteiger partial charge is 0.479 e. The normalized spacial score (nSPS) is 17.0. The lowest BCUT2D eigenvalue weighted by Crippen LogP contribution is -2.22. The van der Waals surface area contributed by atoms with Crippen LogP contribution in [0.3, 0.4) is 0 Å². The number of aromatic nitrogens is 2. The zero-order valence-corrected chi connectivity index (χ0v) is 14.3. The molecule has 2 aromatic heterocycles. The van der Waals surface area contributed by atoms with Crippen molar-refractivity contribution >= 4 is 22.7 Å². The zero-order valence-electron chi connectivity index (χ0n) is 14.3. The first-order chi connectivity index (χ1) is 12.6. The molecule has 1 aliphatic heterocycles. The maximum absolute atomic E-state index is 11.6. The molecule has 1 aliphatic rings. The maximum atomic E-state index is 11.6. The van der Waals surface area contributed by atoms with Crippen LogP contribution < -0.4 is 9.64 Å². The third-order valence-corrected chi connectivity index (χ3v) is 4.71. The molecule has 0 amide bonds. The number of fused-ring (bicyclic) bond motifs is 1. The summed E-state index contributed by atoms with van der Waals surface area (Å²) < 4.78 is 7.26. The second-order valence-electron chi connectivity index (χ2n) is 6.32. The number of nitrogens with zero attached hydrogens (tertiary/aromatic N) is 3. The van der Waals surface area contributed by atoms with Gasteiger partial charge in [-0.15, -0.1) is 0 Å². The Bertz CT molecular complexity index is 982. The van der Waals surface area contributed by atoms with E-state index in [9.17, 15) is 15.0 Å². The molecule has 134 valence electrons. The molecule has 1 aromatic carbocycles. The number of hydrogen-bond donors (Lipinski definition) is 2. The van der Waals surface area contributed by atoms with Gasteiger partial charge in [-0.1, -0.05) is 18.2 Å². The summed E-state index contributed by atoms with van der Waals surface area (Å²) >= 11 is 0. The number of rotatable bonds is 4. The number of carboxylic acid groups (broad SMARTS) is 1. The minimum absolute atomic E-state index is 0.231. The van der Waals surface area contributed by atoms with Gasteiger partial charge in [0.1, 0.15) is 11.5 Å². The summed E-state index contributed by atoms with van der Waals surface area (Å²) in [4.78, 5) is 18.2. The van der Waals surface area contributed by atoms with Crippen LogP contribution in [0.5, 0.6) is 5.88 Å². The van der Waals surface area contributed by atoms with E-state index < -0.39 is 5.97 Å². The van der Waals surface area contributed by atoms with E-state index in [-0.39, 0.29) is 11.7 Å². The third-order valence-electron chi connectivity index (χ3n) is 4.71. The molecule has 1 saturated heterocycles. The lowest BCUT2D eigenvalue weighted by Gasteiger charge is -2.19. The molecule has 2 N–H and O–H groups in total. The number of β-amino-alcohol motifs (C(OH)–C–C–N with tert-alkyl or cyclic N) is 1. The van der Waals surface area contributed by atoms with Crippen molar-refractivity contribution in [2.45, 2.75) is 12.5 Å². The standard InChI is InChI=1S/C19H19N3O4/c1-26-18-16(6-7-17(20-18)21-9-8-12(23)10-21)22-11-14(19(24)25)13-4-2-3-5-15(13)22/h2-7,11-12,23H,8-10H2,1H3,(H,24,25)/t12-/m1/s1. The van der Waals surface area contributed by atoms with Crippen molar-refractivity contribution in [3.05, 3.63) is 48.2 Å². The molecular formula is C19H19N3O4. The van der Waals surface area contributed by atoms with E-state index in [0.29, 0.717) is 23.5 Å². The van der Waals surface area contributed by atoms with Crippen LogP contribution in [-0.4, -0.2) is 52.0 Å². The molecule has 0 unspecified atom stereocenters. The summed E-state index contributed by atoms with van der Waals surface area (Å²) in [6.45, 7) is 1.29. The first-order valence-corrected chi connectivity index (χ1v) is 8.40. The van der Waals surface area contributed by atoms with E-state index in [2.05, 4.69) is 4.98 Å². The molecule has 0 radical (unpaired) electrons. The number of ether oxygens (including phenoxy) is 1. The second kappa shape index (κ2) is 6.34. The molecule has 0 saturated carbocycles. The molecular weight excluding hydrogens is 334 g/mol. The lowest BCUT2D eigenvalue weighted by molar-refractivity contribution is 0.0699. The third kappa shape index (κ3) is 2.66. The molecule has 1 atom stereocenters. The first-order valence-electron chi connectivity index (χ1n) is 8.40. The molecule has 26 heavy (non-hydrogen) atoms. The van der Waals surface area contributed by atoms with Gasteiger partial charge in [-0.25, -0.2) is 4.79 Å². The van der Waals surface area contributed by atoms with Gasteiger partial charge in [0.25, 0.3) is 0 Å². The van der Waals surface area contributed by atoms with Gasteiger partial charge in [-0.05, 0) is 24.6 Å². The smallest absolute Gasteiger partial charge is 0.337 e. The Kier molecular flexibility index (Phi) is 4.00. The van der Waals surface area contributed by atoms with Crippen molar-refractivity contribution in [2.75, 3.05) is 25.1 Å². The molecule has 0 spiro atoms.